The van der Waals surface area contributed by atoms with Crippen LogP contribution in [0.15, 0.2) is 29.8 Å². The van der Waals surface area contributed by atoms with Gasteiger partial charge in [-0.05, 0) is 61.8 Å². The van der Waals surface area contributed by atoms with Gasteiger partial charge in [-0.2, -0.15) is 0 Å². The summed E-state index contributed by atoms with van der Waals surface area (Å²) < 4.78 is 11.5. The van der Waals surface area contributed by atoms with Gasteiger partial charge in [0.25, 0.3) is 0 Å². The van der Waals surface area contributed by atoms with Crippen LogP contribution < -0.4 is 9.47 Å². The van der Waals surface area contributed by atoms with Crippen LogP contribution in [0.3, 0.4) is 0 Å². The Labute approximate surface area is 148 Å². The van der Waals surface area contributed by atoms with Gasteiger partial charge in [0.2, 0.25) is 0 Å². The molecular weight excluding hydrogens is 296 g/mol. The molecule has 24 heavy (non-hydrogen) atoms. The maximum Gasteiger partial charge on any atom is 0.161 e. The van der Waals surface area contributed by atoms with Gasteiger partial charge in [-0.25, -0.2) is 0 Å². The third-order valence-electron chi connectivity index (χ3n) is 5.05. The number of rotatable bonds is 10. The van der Waals surface area contributed by atoms with Crippen LogP contribution in [-0.4, -0.2) is 13.7 Å². The van der Waals surface area contributed by atoms with Crippen molar-refractivity contribution in [2.75, 3.05) is 13.7 Å². The molecule has 1 aliphatic carbocycles. The van der Waals surface area contributed by atoms with Gasteiger partial charge in [-0.1, -0.05) is 51.2 Å². The number of unbranched alkanes of at least 4 members (excludes halogenated alkanes) is 2. The lowest BCUT2D eigenvalue weighted by molar-refractivity contribution is 0.324. The van der Waals surface area contributed by atoms with Crippen molar-refractivity contribution in [1.29, 1.82) is 0 Å². The zero-order valence-electron chi connectivity index (χ0n) is 15.8. The predicted molar refractivity (Wildman–Crippen MR) is 102 cm³/mol. The molecule has 0 aromatic heterocycles. The standard InChI is InChI=1S/C22H34O2/c1-4-6-7-10-19-11-8-12-20(19)15-16-24-21-14-13-18(9-5-2)17-22(21)23-3/h13-15,17,19H,4-12,16H2,1-3H3. The van der Waals surface area contributed by atoms with Gasteiger partial charge in [0.05, 0.1) is 7.11 Å². The number of methoxy groups -OCH3 is 1. The molecule has 0 heterocycles. The maximum atomic E-state index is 6.00. The molecule has 0 spiro atoms. The quantitative estimate of drug-likeness (QED) is 0.368. The summed E-state index contributed by atoms with van der Waals surface area (Å²) in [5.41, 5.74) is 2.93. The van der Waals surface area contributed by atoms with E-state index in [0.29, 0.717) is 6.61 Å². The minimum atomic E-state index is 0.656. The van der Waals surface area contributed by atoms with E-state index in [4.69, 9.17) is 9.47 Å². The molecule has 0 radical (unpaired) electrons. The number of ether oxygens (including phenoxy) is 2. The highest BCUT2D eigenvalue weighted by Crippen LogP contribution is 2.35. The highest BCUT2D eigenvalue weighted by molar-refractivity contribution is 5.43. The van der Waals surface area contributed by atoms with Crippen LogP contribution >= 0.6 is 0 Å². The molecule has 1 unspecified atom stereocenters. The van der Waals surface area contributed by atoms with E-state index in [1.807, 2.05) is 0 Å². The van der Waals surface area contributed by atoms with E-state index >= 15 is 0 Å². The molecule has 0 saturated heterocycles. The SMILES string of the molecule is CCCCCC1CCCC1=CCOc1ccc(CCC)cc1OC. The van der Waals surface area contributed by atoms with Gasteiger partial charge in [0.1, 0.15) is 6.61 Å². The molecule has 2 nitrogen and oxygen atoms in total. The van der Waals surface area contributed by atoms with E-state index < -0.39 is 0 Å². The van der Waals surface area contributed by atoms with Crippen LogP contribution in [0, 0.1) is 5.92 Å². The molecule has 2 heteroatoms. The Hall–Kier alpha value is -1.44. The average molecular weight is 331 g/mol. The zero-order valence-corrected chi connectivity index (χ0v) is 15.8. The second-order valence-corrected chi connectivity index (χ2v) is 6.91. The fraction of sp³-hybridized carbons (Fsp3) is 0.636. The Kier molecular flexibility index (Phi) is 8.21. The summed E-state index contributed by atoms with van der Waals surface area (Å²) in [4.78, 5) is 0. The molecule has 1 fully saturated rings. The average Bonchev–Trinajstić information content (AvgIpc) is 3.04. The van der Waals surface area contributed by atoms with Crippen LogP contribution in [-0.2, 0) is 6.42 Å². The van der Waals surface area contributed by atoms with Crippen molar-refractivity contribution in [3.8, 4) is 11.5 Å². The summed E-state index contributed by atoms with van der Waals surface area (Å²) in [5, 5.41) is 0. The van der Waals surface area contributed by atoms with E-state index in [1.165, 1.54) is 50.5 Å². The third-order valence-corrected chi connectivity index (χ3v) is 5.05. The van der Waals surface area contributed by atoms with E-state index in [2.05, 4.69) is 38.1 Å². The van der Waals surface area contributed by atoms with E-state index in [9.17, 15) is 0 Å². The van der Waals surface area contributed by atoms with Crippen molar-refractivity contribution in [1.82, 2.24) is 0 Å². The first kappa shape index (κ1) is 18.9. The zero-order chi connectivity index (χ0) is 17.2. The number of benzene rings is 1. The molecule has 0 amide bonds. The van der Waals surface area contributed by atoms with Crippen LogP contribution in [0.5, 0.6) is 11.5 Å². The first-order valence-corrected chi connectivity index (χ1v) is 9.77. The Bertz CT molecular complexity index is 519. The van der Waals surface area contributed by atoms with Gasteiger partial charge in [0, 0.05) is 0 Å². The molecule has 134 valence electrons. The first-order chi connectivity index (χ1) is 11.8. The topological polar surface area (TPSA) is 18.5 Å². The highest BCUT2D eigenvalue weighted by Gasteiger charge is 2.20. The summed E-state index contributed by atoms with van der Waals surface area (Å²) in [5.74, 6) is 2.51. The van der Waals surface area contributed by atoms with Gasteiger partial charge in [-0.3, -0.25) is 0 Å². The van der Waals surface area contributed by atoms with Gasteiger partial charge >= 0.3 is 0 Å². The lowest BCUT2D eigenvalue weighted by Gasteiger charge is -2.13. The molecule has 1 aromatic carbocycles. The van der Waals surface area contributed by atoms with Gasteiger partial charge in [-0.15, -0.1) is 0 Å². The number of hydrogen-bond acceptors (Lipinski definition) is 2. The first-order valence-electron chi connectivity index (χ1n) is 9.77. The number of hydrogen-bond donors (Lipinski definition) is 0. The molecule has 0 N–H and O–H groups in total. The lowest BCUT2D eigenvalue weighted by Crippen LogP contribution is -2.02. The molecule has 1 saturated carbocycles. The van der Waals surface area contributed by atoms with E-state index in [1.54, 1.807) is 12.7 Å². The van der Waals surface area contributed by atoms with Gasteiger partial charge < -0.3 is 9.47 Å². The second-order valence-electron chi connectivity index (χ2n) is 6.91. The summed E-state index contributed by atoms with van der Waals surface area (Å²) in [6.07, 6.45) is 13.9. The Morgan fingerprint density at radius 1 is 1.12 bits per heavy atom. The fourth-order valence-electron chi connectivity index (χ4n) is 3.70. The number of aryl methyl sites for hydroxylation is 1. The molecule has 0 aliphatic heterocycles. The Morgan fingerprint density at radius 2 is 2.00 bits per heavy atom. The van der Waals surface area contributed by atoms with Crippen molar-refractivity contribution in [2.24, 2.45) is 5.92 Å². The van der Waals surface area contributed by atoms with Crippen molar-refractivity contribution < 1.29 is 9.47 Å². The van der Waals surface area contributed by atoms with Crippen LogP contribution in [0.1, 0.15) is 70.8 Å². The van der Waals surface area contributed by atoms with Crippen molar-refractivity contribution in [2.45, 2.75) is 71.6 Å². The molecule has 1 atom stereocenters. The lowest BCUT2D eigenvalue weighted by atomic mass is 9.95. The molecular formula is C22H34O2. The molecule has 0 bridgehead atoms. The van der Waals surface area contributed by atoms with Gasteiger partial charge in [0.15, 0.2) is 11.5 Å². The summed E-state index contributed by atoms with van der Waals surface area (Å²) in [7, 11) is 1.72. The largest absolute Gasteiger partial charge is 0.493 e. The molecule has 2 rings (SSSR count). The molecule has 1 aromatic rings. The summed E-state index contributed by atoms with van der Waals surface area (Å²) in [6.45, 7) is 5.13. The predicted octanol–water partition coefficient (Wildman–Crippen LogP) is 6.33. The van der Waals surface area contributed by atoms with Crippen molar-refractivity contribution in [3.05, 3.63) is 35.4 Å². The highest BCUT2D eigenvalue weighted by atomic mass is 16.5. The van der Waals surface area contributed by atoms with Crippen molar-refractivity contribution in [3.63, 3.8) is 0 Å². The summed E-state index contributed by atoms with van der Waals surface area (Å²) in [6, 6.07) is 6.31. The fourth-order valence-corrected chi connectivity index (χ4v) is 3.70. The molecule has 1 aliphatic rings. The third kappa shape index (κ3) is 5.58. The van der Waals surface area contributed by atoms with Crippen LogP contribution in [0.2, 0.25) is 0 Å². The minimum absolute atomic E-state index is 0.656. The normalized spacial score (nSPS) is 19.0. The van der Waals surface area contributed by atoms with Crippen LogP contribution in [0.4, 0.5) is 0 Å². The smallest absolute Gasteiger partial charge is 0.161 e. The second kappa shape index (κ2) is 10.4. The minimum Gasteiger partial charge on any atom is -0.493 e. The maximum absolute atomic E-state index is 6.00. The number of allylic oxidation sites excluding steroid dienone is 1. The Balaban J connectivity index is 1.90. The monoisotopic (exact) mass is 330 g/mol. The van der Waals surface area contributed by atoms with E-state index in [0.717, 1.165) is 30.3 Å². The van der Waals surface area contributed by atoms with Crippen LogP contribution in [0.25, 0.3) is 0 Å². The van der Waals surface area contributed by atoms with E-state index in [-0.39, 0.29) is 0 Å². The Morgan fingerprint density at radius 3 is 2.75 bits per heavy atom. The van der Waals surface area contributed by atoms with Crippen molar-refractivity contribution >= 4 is 0 Å². The summed E-state index contributed by atoms with van der Waals surface area (Å²) >= 11 is 0.